The van der Waals surface area contributed by atoms with E-state index in [-0.39, 0.29) is 5.91 Å². The zero-order valence-electron chi connectivity index (χ0n) is 13.8. The van der Waals surface area contributed by atoms with Crippen LogP contribution in [0.4, 0.5) is 0 Å². The second-order valence-electron chi connectivity index (χ2n) is 5.04. The Balaban J connectivity index is 2.09. The number of nitrogens with one attached hydrogen (secondary N) is 2. The molecule has 0 fully saturated rings. The predicted molar refractivity (Wildman–Crippen MR) is 86.4 cm³/mol. The molecule has 2 N–H and O–H groups in total. The highest BCUT2D eigenvalue weighted by atomic mass is 16.5. The van der Waals surface area contributed by atoms with Gasteiger partial charge < -0.3 is 20.1 Å². The van der Waals surface area contributed by atoms with Crippen molar-refractivity contribution in [2.75, 3.05) is 21.3 Å². The van der Waals surface area contributed by atoms with E-state index < -0.39 is 6.04 Å². The van der Waals surface area contributed by atoms with Crippen molar-refractivity contribution >= 4 is 5.91 Å². The zero-order chi connectivity index (χ0) is 16.8. The minimum Gasteiger partial charge on any atom is -0.493 e. The van der Waals surface area contributed by atoms with Crippen LogP contribution in [-0.4, -0.2) is 37.0 Å². The van der Waals surface area contributed by atoms with E-state index in [0.29, 0.717) is 18.0 Å². The third-order valence-corrected chi connectivity index (χ3v) is 3.55. The number of likely N-dealkylation sites (N-methyl/N-ethyl adjacent to an activating group) is 1. The molecule has 1 atom stereocenters. The van der Waals surface area contributed by atoms with Crippen LogP contribution in [0.1, 0.15) is 17.2 Å². The van der Waals surface area contributed by atoms with Gasteiger partial charge in [-0.15, -0.1) is 0 Å². The van der Waals surface area contributed by atoms with E-state index in [1.54, 1.807) is 32.1 Å². The van der Waals surface area contributed by atoms with Gasteiger partial charge in [0.2, 0.25) is 5.91 Å². The highest BCUT2D eigenvalue weighted by Crippen LogP contribution is 2.30. The molecule has 0 radical (unpaired) electrons. The minimum absolute atomic E-state index is 0.134. The summed E-state index contributed by atoms with van der Waals surface area (Å²) >= 11 is 0. The summed E-state index contributed by atoms with van der Waals surface area (Å²) in [6, 6.07) is 5.11. The van der Waals surface area contributed by atoms with E-state index in [2.05, 4.69) is 15.7 Å². The highest BCUT2D eigenvalue weighted by Gasteiger charge is 2.20. The number of carbonyl (C=O) groups is 1. The number of benzene rings is 1. The lowest BCUT2D eigenvalue weighted by Gasteiger charge is -2.16. The lowest BCUT2D eigenvalue weighted by atomic mass is 10.1. The number of aromatic nitrogens is 2. The quantitative estimate of drug-likeness (QED) is 0.797. The third kappa shape index (κ3) is 3.81. The van der Waals surface area contributed by atoms with Crippen LogP contribution >= 0.6 is 0 Å². The van der Waals surface area contributed by atoms with E-state index >= 15 is 0 Å². The van der Waals surface area contributed by atoms with E-state index in [9.17, 15) is 4.79 Å². The first-order valence-corrected chi connectivity index (χ1v) is 7.24. The first-order chi connectivity index (χ1) is 11.1. The van der Waals surface area contributed by atoms with Gasteiger partial charge in [0, 0.05) is 30.9 Å². The Labute approximate surface area is 135 Å². The number of para-hydroxylation sites is 1. The topological polar surface area (TPSA) is 77.4 Å². The van der Waals surface area contributed by atoms with Crippen LogP contribution in [0.15, 0.2) is 30.6 Å². The van der Waals surface area contributed by atoms with Crippen LogP contribution in [0.5, 0.6) is 11.5 Å². The van der Waals surface area contributed by atoms with Gasteiger partial charge in [0.1, 0.15) is 6.04 Å². The fourth-order valence-electron chi connectivity index (χ4n) is 2.42. The van der Waals surface area contributed by atoms with Crippen LogP contribution < -0.4 is 20.1 Å². The van der Waals surface area contributed by atoms with Crippen molar-refractivity contribution in [3.63, 3.8) is 0 Å². The normalized spacial score (nSPS) is 11.8. The van der Waals surface area contributed by atoms with E-state index in [1.807, 2.05) is 31.4 Å². The van der Waals surface area contributed by atoms with Gasteiger partial charge in [-0.25, -0.2) is 0 Å². The van der Waals surface area contributed by atoms with Gasteiger partial charge in [-0.1, -0.05) is 12.1 Å². The minimum atomic E-state index is -0.458. The molecule has 23 heavy (non-hydrogen) atoms. The molecule has 7 nitrogen and oxygen atoms in total. The van der Waals surface area contributed by atoms with Gasteiger partial charge in [-0.05, 0) is 13.1 Å². The molecule has 1 aromatic carbocycles. The number of hydrogen-bond acceptors (Lipinski definition) is 5. The van der Waals surface area contributed by atoms with Crippen molar-refractivity contribution in [2.45, 2.75) is 12.6 Å². The number of carbonyl (C=O) groups excluding carboxylic acids is 1. The molecular formula is C16H22N4O3. The van der Waals surface area contributed by atoms with Gasteiger partial charge in [0.25, 0.3) is 0 Å². The number of aryl methyl sites for hydroxylation is 1. The molecule has 0 saturated heterocycles. The average Bonchev–Trinajstić information content (AvgIpc) is 2.99. The molecule has 0 aliphatic carbocycles. The van der Waals surface area contributed by atoms with Crippen molar-refractivity contribution in [1.82, 2.24) is 20.4 Å². The Morgan fingerprint density at radius 2 is 2.13 bits per heavy atom. The van der Waals surface area contributed by atoms with E-state index in [0.717, 1.165) is 11.1 Å². The highest BCUT2D eigenvalue weighted by molar-refractivity contribution is 5.83. The predicted octanol–water partition coefficient (Wildman–Crippen LogP) is 1.01. The maximum Gasteiger partial charge on any atom is 0.242 e. The summed E-state index contributed by atoms with van der Waals surface area (Å²) in [7, 11) is 6.72. The second kappa shape index (κ2) is 7.64. The molecule has 124 valence electrons. The molecule has 0 aliphatic heterocycles. The van der Waals surface area contributed by atoms with Gasteiger partial charge >= 0.3 is 0 Å². The fourth-order valence-corrected chi connectivity index (χ4v) is 2.42. The van der Waals surface area contributed by atoms with Gasteiger partial charge in [-0.3, -0.25) is 9.48 Å². The summed E-state index contributed by atoms with van der Waals surface area (Å²) in [5, 5.41) is 10.0. The monoisotopic (exact) mass is 318 g/mol. The molecule has 0 spiro atoms. The van der Waals surface area contributed by atoms with Crippen LogP contribution in [0.3, 0.4) is 0 Å². The van der Waals surface area contributed by atoms with Gasteiger partial charge in [-0.2, -0.15) is 5.10 Å². The van der Waals surface area contributed by atoms with Gasteiger partial charge in [0.15, 0.2) is 11.5 Å². The van der Waals surface area contributed by atoms with E-state index in [1.165, 1.54) is 0 Å². The number of nitrogens with zero attached hydrogens (tertiary/aromatic N) is 2. The van der Waals surface area contributed by atoms with Crippen LogP contribution in [0, 0.1) is 0 Å². The summed E-state index contributed by atoms with van der Waals surface area (Å²) in [6.07, 6.45) is 3.49. The Hall–Kier alpha value is -2.54. The Morgan fingerprint density at radius 3 is 2.70 bits per heavy atom. The number of ether oxygens (including phenoxy) is 2. The van der Waals surface area contributed by atoms with Crippen molar-refractivity contribution in [2.24, 2.45) is 7.05 Å². The molecule has 1 unspecified atom stereocenters. The van der Waals surface area contributed by atoms with Crippen molar-refractivity contribution < 1.29 is 14.3 Å². The Bertz CT molecular complexity index is 669. The fraction of sp³-hybridized carbons (Fsp3) is 0.375. The lowest BCUT2D eigenvalue weighted by molar-refractivity contribution is -0.123. The largest absolute Gasteiger partial charge is 0.493 e. The summed E-state index contributed by atoms with van der Waals surface area (Å²) in [4.78, 5) is 12.4. The molecule has 1 amide bonds. The molecule has 7 heteroatoms. The molecule has 1 aromatic heterocycles. The Kier molecular flexibility index (Phi) is 5.59. The smallest absolute Gasteiger partial charge is 0.242 e. The summed E-state index contributed by atoms with van der Waals surface area (Å²) in [5.41, 5.74) is 1.66. The molecule has 0 bridgehead atoms. The third-order valence-electron chi connectivity index (χ3n) is 3.55. The van der Waals surface area contributed by atoms with Crippen molar-refractivity contribution in [3.05, 3.63) is 41.7 Å². The first-order valence-electron chi connectivity index (χ1n) is 7.24. The standard InChI is InChI=1S/C16H22N4O3/c1-17-14(12-9-19-20(2)10-12)16(21)18-8-11-6-5-7-13(22-3)15(11)23-4/h5-7,9-10,14,17H,8H2,1-4H3,(H,18,21). The van der Waals surface area contributed by atoms with Crippen LogP contribution in [0.25, 0.3) is 0 Å². The molecule has 2 aromatic rings. The van der Waals surface area contributed by atoms with Crippen LogP contribution in [0.2, 0.25) is 0 Å². The van der Waals surface area contributed by atoms with Crippen molar-refractivity contribution in [1.29, 1.82) is 0 Å². The number of amides is 1. The maximum atomic E-state index is 12.4. The lowest BCUT2D eigenvalue weighted by Crippen LogP contribution is -2.35. The SMILES string of the molecule is CNC(C(=O)NCc1cccc(OC)c1OC)c1cnn(C)c1. The molecule has 1 heterocycles. The summed E-state index contributed by atoms with van der Waals surface area (Å²) in [6.45, 7) is 0.345. The number of hydrogen-bond donors (Lipinski definition) is 2. The molecule has 0 aliphatic rings. The zero-order valence-corrected chi connectivity index (χ0v) is 13.8. The number of methoxy groups -OCH3 is 2. The maximum absolute atomic E-state index is 12.4. The van der Waals surface area contributed by atoms with E-state index in [4.69, 9.17) is 9.47 Å². The van der Waals surface area contributed by atoms with Crippen LogP contribution in [-0.2, 0) is 18.4 Å². The van der Waals surface area contributed by atoms with Crippen molar-refractivity contribution in [3.8, 4) is 11.5 Å². The number of rotatable bonds is 7. The Morgan fingerprint density at radius 1 is 1.35 bits per heavy atom. The summed E-state index contributed by atoms with van der Waals surface area (Å²) < 4.78 is 12.3. The van der Waals surface area contributed by atoms with Gasteiger partial charge in [0.05, 0.1) is 20.4 Å². The first kappa shape index (κ1) is 16.8. The molecule has 0 saturated carbocycles. The molecule has 2 rings (SSSR count). The average molecular weight is 318 g/mol. The molecular weight excluding hydrogens is 296 g/mol. The second-order valence-corrected chi connectivity index (χ2v) is 5.04. The summed E-state index contributed by atoms with van der Waals surface area (Å²) in [5.74, 6) is 1.12.